The molecule has 18 heavy (non-hydrogen) atoms. The van der Waals surface area contributed by atoms with E-state index in [1.165, 1.54) is 13.2 Å². The number of rotatable bonds is 7. The van der Waals surface area contributed by atoms with Gasteiger partial charge in [-0.25, -0.2) is 4.39 Å². The summed E-state index contributed by atoms with van der Waals surface area (Å²) in [6.07, 6.45) is 1.10. The van der Waals surface area contributed by atoms with Crippen LogP contribution in [-0.4, -0.2) is 24.9 Å². The normalized spacial score (nSPS) is 14.3. The predicted molar refractivity (Wildman–Crippen MR) is 70.3 cm³/mol. The van der Waals surface area contributed by atoms with Crippen LogP contribution in [0, 0.1) is 5.82 Å². The molecule has 0 aliphatic heterocycles. The van der Waals surface area contributed by atoms with Crippen LogP contribution >= 0.6 is 0 Å². The quantitative estimate of drug-likeness (QED) is 0.787. The van der Waals surface area contributed by atoms with Crippen molar-refractivity contribution in [2.24, 2.45) is 0 Å². The molecule has 0 fully saturated rings. The summed E-state index contributed by atoms with van der Waals surface area (Å²) in [6, 6.07) is 4.66. The maximum absolute atomic E-state index is 13.8. The fourth-order valence-corrected chi connectivity index (χ4v) is 1.89. The molecule has 1 aromatic carbocycles. The van der Waals surface area contributed by atoms with Gasteiger partial charge in [-0.05, 0) is 38.4 Å². The minimum atomic E-state index is -0.299. The van der Waals surface area contributed by atoms with Gasteiger partial charge in [0.05, 0.1) is 13.2 Å². The van der Waals surface area contributed by atoms with Gasteiger partial charge in [-0.3, -0.25) is 0 Å². The van der Waals surface area contributed by atoms with Crippen LogP contribution < -0.4 is 10.1 Å². The number of aliphatic hydroxyl groups is 1. The van der Waals surface area contributed by atoms with E-state index < -0.39 is 0 Å². The van der Waals surface area contributed by atoms with Gasteiger partial charge in [-0.15, -0.1) is 0 Å². The van der Waals surface area contributed by atoms with Crippen LogP contribution in [0.4, 0.5) is 4.39 Å². The fraction of sp³-hybridized carbons (Fsp3) is 0.571. The molecule has 2 atom stereocenters. The van der Waals surface area contributed by atoms with Gasteiger partial charge < -0.3 is 15.2 Å². The zero-order chi connectivity index (χ0) is 13.5. The first kappa shape index (κ1) is 14.9. The van der Waals surface area contributed by atoms with Crippen LogP contribution in [0.15, 0.2) is 18.2 Å². The van der Waals surface area contributed by atoms with Gasteiger partial charge in [-0.2, -0.15) is 0 Å². The summed E-state index contributed by atoms with van der Waals surface area (Å²) < 4.78 is 18.9. The number of halogens is 1. The topological polar surface area (TPSA) is 41.5 Å². The Morgan fingerprint density at radius 3 is 2.78 bits per heavy atom. The molecule has 102 valence electrons. The summed E-state index contributed by atoms with van der Waals surface area (Å²) >= 11 is 0. The van der Waals surface area contributed by atoms with Crippen molar-refractivity contribution in [1.29, 1.82) is 0 Å². The van der Waals surface area contributed by atoms with Crippen molar-refractivity contribution >= 4 is 0 Å². The molecule has 1 rings (SSSR count). The van der Waals surface area contributed by atoms with Crippen molar-refractivity contribution in [2.45, 2.75) is 38.8 Å². The van der Waals surface area contributed by atoms with Crippen LogP contribution in [0.25, 0.3) is 0 Å². The van der Waals surface area contributed by atoms with E-state index in [-0.39, 0.29) is 18.0 Å². The first-order valence-electron chi connectivity index (χ1n) is 6.34. The standard InChI is InChI=1S/C14H22FNO2/c1-4-11(17)8-9-16-10(2)14-12(15)6-5-7-13(14)18-3/h5-7,10-11,16-17H,4,8-9H2,1-3H3. The van der Waals surface area contributed by atoms with Crippen LogP contribution in [0.2, 0.25) is 0 Å². The van der Waals surface area contributed by atoms with E-state index in [4.69, 9.17) is 4.74 Å². The highest BCUT2D eigenvalue weighted by Gasteiger charge is 2.15. The van der Waals surface area contributed by atoms with Gasteiger partial charge in [-0.1, -0.05) is 13.0 Å². The Kier molecular flexibility index (Phi) is 6.09. The predicted octanol–water partition coefficient (Wildman–Crippen LogP) is 2.65. The third kappa shape index (κ3) is 3.96. The van der Waals surface area contributed by atoms with Gasteiger partial charge in [0.25, 0.3) is 0 Å². The van der Waals surface area contributed by atoms with E-state index in [0.29, 0.717) is 24.3 Å². The van der Waals surface area contributed by atoms with Crippen molar-refractivity contribution in [1.82, 2.24) is 5.32 Å². The average molecular weight is 255 g/mol. The van der Waals surface area contributed by atoms with Gasteiger partial charge in [0, 0.05) is 11.6 Å². The molecule has 0 amide bonds. The summed E-state index contributed by atoms with van der Waals surface area (Å²) in [5.74, 6) is 0.274. The number of hydrogen-bond donors (Lipinski definition) is 2. The number of methoxy groups -OCH3 is 1. The van der Waals surface area contributed by atoms with Crippen LogP contribution in [0.3, 0.4) is 0 Å². The molecule has 3 nitrogen and oxygen atoms in total. The molecule has 0 bridgehead atoms. The molecule has 0 saturated heterocycles. The van der Waals surface area contributed by atoms with E-state index in [2.05, 4.69) is 5.32 Å². The molecule has 0 aliphatic carbocycles. The Morgan fingerprint density at radius 1 is 1.44 bits per heavy atom. The monoisotopic (exact) mass is 255 g/mol. The Balaban J connectivity index is 2.63. The fourth-order valence-electron chi connectivity index (χ4n) is 1.89. The number of nitrogens with one attached hydrogen (secondary N) is 1. The molecule has 0 aliphatic rings. The second-order valence-corrected chi connectivity index (χ2v) is 4.38. The largest absolute Gasteiger partial charge is 0.496 e. The number of ether oxygens (including phenoxy) is 1. The summed E-state index contributed by atoms with van der Waals surface area (Å²) in [5.41, 5.74) is 0.533. The number of benzene rings is 1. The summed E-state index contributed by atoms with van der Waals surface area (Å²) in [4.78, 5) is 0. The first-order valence-corrected chi connectivity index (χ1v) is 6.34. The van der Waals surface area contributed by atoms with E-state index in [0.717, 1.165) is 6.42 Å². The first-order chi connectivity index (χ1) is 8.60. The summed E-state index contributed by atoms with van der Waals surface area (Å²) in [6.45, 7) is 4.47. The molecular formula is C14H22FNO2. The number of aliphatic hydroxyl groups excluding tert-OH is 1. The summed E-state index contributed by atoms with van der Waals surface area (Å²) in [5, 5.41) is 12.7. The molecule has 2 unspecified atom stereocenters. The van der Waals surface area contributed by atoms with Crippen molar-refractivity contribution in [2.75, 3.05) is 13.7 Å². The highest BCUT2D eigenvalue weighted by molar-refractivity contribution is 5.36. The number of hydrogen-bond acceptors (Lipinski definition) is 3. The van der Waals surface area contributed by atoms with Crippen molar-refractivity contribution in [3.05, 3.63) is 29.6 Å². The molecule has 0 spiro atoms. The third-order valence-electron chi connectivity index (χ3n) is 3.07. The van der Waals surface area contributed by atoms with E-state index >= 15 is 0 Å². The lowest BCUT2D eigenvalue weighted by molar-refractivity contribution is 0.158. The maximum atomic E-state index is 13.8. The minimum Gasteiger partial charge on any atom is -0.496 e. The summed E-state index contributed by atoms with van der Waals surface area (Å²) in [7, 11) is 1.53. The van der Waals surface area contributed by atoms with Gasteiger partial charge >= 0.3 is 0 Å². The van der Waals surface area contributed by atoms with E-state index in [1.807, 2.05) is 13.8 Å². The molecular weight excluding hydrogens is 233 g/mol. The Labute approximate surface area is 108 Å². The molecule has 2 N–H and O–H groups in total. The molecule has 0 saturated carbocycles. The Morgan fingerprint density at radius 2 is 2.17 bits per heavy atom. The van der Waals surface area contributed by atoms with Crippen molar-refractivity contribution in [3.8, 4) is 5.75 Å². The molecule has 0 heterocycles. The van der Waals surface area contributed by atoms with Crippen LogP contribution in [0.5, 0.6) is 5.75 Å². The highest BCUT2D eigenvalue weighted by atomic mass is 19.1. The SMILES string of the molecule is CCC(O)CCNC(C)c1c(F)cccc1OC. The Bertz CT molecular complexity index is 371. The van der Waals surface area contributed by atoms with E-state index in [9.17, 15) is 9.50 Å². The minimum absolute atomic E-state index is 0.148. The zero-order valence-corrected chi connectivity index (χ0v) is 11.2. The molecule has 0 radical (unpaired) electrons. The Hall–Kier alpha value is -1.13. The van der Waals surface area contributed by atoms with Crippen LogP contribution in [0.1, 0.15) is 38.3 Å². The zero-order valence-electron chi connectivity index (χ0n) is 11.2. The van der Waals surface area contributed by atoms with Gasteiger partial charge in [0.1, 0.15) is 11.6 Å². The lowest BCUT2D eigenvalue weighted by atomic mass is 10.1. The van der Waals surface area contributed by atoms with E-state index in [1.54, 1.807) is 12.1 Å². The molecule has 1 aromatic rings. The van der Waals surface area contributed by atoms with Gasteiger partial charge in [0.2, 0.25) is 0 Å². The smallest absolute Gasteiger partial charge is 0.131 e. The second kappa shape index (κ2) is 7.34. The average Bonchev–Trinajstić information content (AvgIpc) is 2.37. The van der Waals surface area contributed by atoms with Crippen molar-refractivity contribution < 1.29 is 14.2 Å². The second-order valence-electron chi connectivity index (χ2n) is 4.38. The molecule has 0 aromatic heterocycles. The van der Waals surface area contributed by atoms with Gasteiger partial charge in [0.15, 0.2) is 0 Å². The van der Waals surface area contributed by atoms with Crippen LogP contribution in [-0.2, 0) is 0 Å². The maximum Gasteiger partial charge on any atom is 0.131 e. The molecule has 4 heteroatoms. The highest BCUT2D eigenvalue weighted by Crippen LogP contribution is 2.27. The lowest BCUT2D eigenvalue weighted by Crippen LogP contribution is -2.24. The van der Waals surface area contributed by atoms with Crippen molar-refractivity contribution in [3.63, 3.8) is 0 Å². The third-order valence-corrected chi connectivity index (χ3v) is 3.07. The lowest BCUT2D eigenvalue weighted by Gasteiger charge is -2.18.